The molecule has 0 radical (unpaired) electrons. The summed E-state index contributed by atoms with van der Waals surface area (Å²) in [6.45, 7) is 9.82. The van der Waals surface area contributed by atoms with E-state index in [0.29, 0.717) is 25.7 Å². The molecule has 0 aromatic rings. The molecular formula is C90H176O17P2. The number of phosphoric acid groups is 2. The summed E-state index contributed by atoms with van der Waals surface area (Å²) in [7, 11) is -9.93. The van der Waals surface area contributed by atoms with Gasteiger partial charge in [-0.2, -0.15) is 0 Å². The number of aliphatic hydroxyl groups excluding tert-OH is 1. The Morgan fingerprint density at radius 2 is 0.440 bits per heavy atom. The van der Waals surface area contributed by atoms with Gasteiger partial charge in [-0.05, 0) is 37.5 Å². The summed E-state index contributed by atoms with van der Waals surface area (Å²) < 4.78 is 69.0. The molecule has 7 atom stereocenters. The molecule has 0 aromatic heterocycles. The van der Waals surface area contributed by atoms with Crippen molar-refractivity contribution in [2.24, 2.45) is 11.8 Å². The maximum atomic E-state index is 13.2. The number of aliphatic hydroxyl groups is 1. The van der Waals surface area contributed by atoms with Gasteiger partial charge in [-0.15, -0.1) is 0 Å². The standard InChI is InChI=1S/C90H176O17P2/c1-7-11-13-15-17-19-20-21-22-33-39-44-50-56-62-68-74-89(94)106-85(78-100-87(92)72-66-60-54-46-18-16-14-12-8-2)80-104-108(96,97)102-76-84(91)77-103-109(98,99)105-81-86(107-90(95)75-69-63-57-51-45-40-35-30-26-24-28-32-37-42-48-53-59-65-71-83(6)10-4)79-101-88(93)73-67-61-55-49-43-38-34-29-25-23-27-31-36-41-47-52-58-64-70-82(5)9-3/h82-86,91H,7-81H2,1-6H3,(H,96,97)(H,98,99)/t82?,83?,84-,85+,86+/m0/s1. The van der Waals surface area contributed by atoms with Crippen LogP contribution in [0.1, 0.15) is 485 Å². The zero-order valence-electron chi connectivity index (χ0n) is 71.9. The van der Waals surface area contributed by atoms with Gasteiger partial charge in [0.05, 0.1) is 26.4 Å². The minimum atomic E-state index is -4.97. The molecule has 0 fully saturated rings. The van der Waals surface area contributed by atoms with Crippen LogP contribution in [-0.2, 0) is 65.4 Å². The van der Waals surface area contributed by atoms with Crippen molar-refractivity contribution < 1.29 is 80.2 Å². The molecule has 0 aliphatic rings. The van der Waals surface area contributed by atoms with Gasteiger partial charge in [-0.3, -0.25) is 37.3 Å². The molecule has 0 rings (SSSR count). The molecule has 0 aliphatic carbocycles. The fourth-order valence-electron chi connectivity index (χ4n) is 14.1. The van der Waals surface area contributed by atoms with Crippen molar-refractivity contribution in [3.8, 4) is 0 Å². The van der Waals surface area contributed by atoms with Crippen molar-refractivity contribution in [3.63, 3.8) is 0 Å². The van der Waals surface area contributed by atoms with Crippen molar-refractivity contribution in [2.75, 3.05) is 39.6 Å². The molecule has 19 heteroatoms. The highest BCUT2D eigenvalue weighted by atomic mass is 31.2. The SMILES string of the molecule is CCCCCCCCCCCCCCCCCCC(=O)O[C@H](COC(=O)CCCCCCCCCCC)COP(=O)(O)OC[C@H](O)COP(=O)(O)OC[C@@H](COC(=O)CCCCCCCCCCCCCCCCCCCCC(C)CC)OC(=O)CCCCCCCCCCCCCCCCCCCCC(C)CC. The van der Waals surface area contributed by atoms with Crippen LogP contribution in [0.5, 0.6) is 0 Å². The molecule has 0 aromatic carbocycles. The Labute approximate surface area is 670 Å². The number of hydrogen-bond acceptors (Lipinski definition) is 15. The zero-order valence-corrected chi connectivity index (χ0v) is 73.7. The first-order chi connectivity index (χ1) is 52.9. The number of esters is 4. The first-order valence-electron chi connectivity index (χ1n) is 46.6. The van der Waals surface area contributed by atoms with Gasteiger partial charge in [-0.1, -0.05) is 433 Å². The highest BCUT2D eigenvalue weighted by Crippen LogP contribution is 2.45. The Morgan fingerprint density at radius 3 is 0.651 bits per heavy atom. The van der Waals surface area contributed by atoms with E-state index < -0.39 is 97.5 Å². The largest absolute Gasteiger partial charge is 0.472 e. The van der Waals surface area contributed by atoms with E-state index in [0.717, 1.165) is 102 Å². The lowest BCUT2D eigenvalue weighted by Crippen LogP contribution is -2.30. The van der Waals surface area contributed by atoms with Crippen molar-refractivity contribution in [2.45, 2.75) is 503 Å². The van der Waals surface area contributed by atoms with E-state index in [9.17, 15) is 43.2 Å². The van der Waals surface area contributed by atoms with E-state index in [1.165, 1.54) is 302 Å². The lowest BCUT2D eigenvalue weighted by atomic mass is 9.99. The Kier molecular flexibility index (Phi) is 79.8. The molecule has 3 N–H and O–H groups in total. The Morgan fingerprint density at radius 1 is 0.257 bits per heavy atom. The molecule has 0 saturated heterocycles. The second-order valence-corrected chi connectivity index (χ2v) is 35.7. The molecular weight excluding hydrogens is 1410 g/mol. The second kappa shape index (κ2) is 81.2. The Balaban J connectivity index is 5.19. The number of carbonyl (C=O) groups excluding carboxylic acids is 4. The molecule has 0 spiro atoms. The summed E-state index contributed by atoms with van der Waals surface area (Å²) in [6.07, 6.45) is 75.0. The Hall–Kier alpha value is -1.94. The van der Waals surface area contributed by atoms with E-state index >= 15 is 0 Å². The zero-order chi connectivity index (χ0) is 79.9. The van der Waals surface area contributed by atoms with E-state index in [2.05, 4.69) is 41.5 Å². The predicted molar refractivity (Wildman–Crippen MR) is 451 cm³/mol. The van der Waals surface area contributed by atoms with E-state index in [4.69, 9.17) is 37.0 Å². The average Bonchev–Trinajstić information content (AvgIpc) is 0.899. The maximum Gasteiger partial charge on any atom is 0.472 e. The molecule has 648 valence electrons. The number of unbranched alkanes of at least 4 members (excludes halogenated alkanes) is 57. The lowest BCUT2D eigenvalue weighted by molar-refractivity contribution is -0.161. The van der Waals surface area contributed by atoms with Gasteiger partial charge in [0.25, 0.3) is 0 Å². The molecule has 0 amide bonds. The molecule has 0 aliphatic heterocycles. The highest BCUT2D eigenvalue weighted by molar-refractivity contribution is 7.47. The maximum absolute atomic E-state index is 13.2. The number of ether oxygens (including phenoxy) is 4. The predicted octanol–water partition coefficient (Wildman–Crippen LogP) is 27.8. The second-order valence-electron chi connectivity index (χ2n) is 32.8. The van der Waals surface area contributed by atoms with Crippen LogP contribution in [0.3, 0.4) is 0 Å². The molecule has 0 heterocycles. The third-order valence-electron chi connectivity index (χ3n) is 21.9. The normalized spacial score (nSPS) is 14.2. The average molecular weight is 1590 g/mol. The first-order valence-corrected chi connectivity index (χ1v) is 49.6. The van der Waals surface area contributed by atoms with Crippen molar-refractivity contribution in [1.29, 1.82) is 0 Å². The van der Waals surface area contributed by atoms with Crippen molar-refractivity contribution in [1.82, 2.24) is 0 Å². The Bertz CT molecular complexity index is 2080. The number of rotatable bonds is 89. The summed E-state index contributed by atoms with van der Waals surface area (Å²) in [5.41, 5.74) is 0. The van der Waals surface area contributed by atoms with Gasteiger partial charge in [0.2, 0.25) is 0 Å². The summed E-state index contributed by atoms with van der Waals surface area (Å²) in [5, 5.41) is 10.7. The van der Waals surface area contributed by atoms with Gasteiger partial charge in [0.1, 0.15) is 19.3 Å². The molecule has 0 saturated carbocycles. The van der Waals surface area contributed by atoms with Crippen molar-refractivity contribution >= 4 is 39.5 Å². The van der Waals surface area contributed by atoms with E-state index in [1.807, 2.05) is 0 Å². The molecule has 17 nitrogen and oxygen atoms in total. The van der Waals surface area contributed by atoms with Crippen LogP contribution in [-0.4, -0.2) is 96.7 Å². The van der Waals surface area contributed by atoms with Crippen LogP contribution in [0.25, 0.3) is 0 Å². The topological polar surface area (TPSA) is 237 Å². The van der Waals surface area contributed by atoms with E-state index in [-0.39, 0.29) is 25.7 Å². The van der Waals surface area contributed by atoms with Crippen LogP contribution in [0.4, 0.5) is 0 Å². The van der Waals surface area contributed by atoms with Crippen LogP contribution in [0, 0.1) is 11.8 Å². The number of phosphoric ester groups is 2. The van der Waals surface area contributed by atoms with Gasteiger partial charge in [0.15, 0.2) is 12.2 Å². The molecule has 109 heavy (non-hydrogen) atoms. The monoisotopic (exact) mass is 1590 g/mol. The third kappa shape index (κ3) is 81.0. The smallest absolute Gasteiger partial charge is 0.462 e. The summed E-state index contributed by atoms with van der Waals surface area (Å²) in [6, 6.07) is 0. The van der Waals surface area contributed by atoms with Gasteiger partial charge in [0, 0.05) is 25.7 Å². The van der Waals surface area contributed by atoms with Gasteiger partial charge >= 0.3 is 39.5 Å². The fraction of sp³-hybridized carbons (Fsp3) is 0.956. The number of hydrogen-bond donors (Lipinski definition) is 3. The summed E-state index contributed by atoms with van der Waals surface area (Å²) in [4.78, 5) is 73.3. The molecule has 4 unspecified atom stereocenters. The van der Waals surface area contributed by atoms with Crippen LogP contribution in [0.2, 0.25) is 0 Å². The van der Waals surface area contributed by atoms with Crippen LogP contribution >= 0.6 is 15.6 Å². The minimum absolute atomic E-state index is 0.109. The third-order valence-corrected chi connectivity index (χ3v) is 23.8. The minimum Gasteiger partial charge on any atom is -0.462 e. The summed E-state index contributed by atoms with van der Waals surface area (Å²) >= 11 is 0. The van der Waals surface area contributed by atoms with Crippen LogP contribution in [0.15, 0.2) is 0 Å². The van der Waals surface area contributed by atoms with Gasteiger partial charge in [-0.25, -0.2) is 9.13 Å². The lowest BCUT2D eigenvalue weighted by Gasteiger charge is -2.21. The number of carbonyl (C=O) groups is 4. The summed E-state index contributed by atoms with van der Waals surface area (Å²) in [5.74, 6) is -0.353. The highest BCUT2D eigenvalue weighted by Gasteiger charge is 2.31. The molecule has 0 bridgehead atoms. The fourth-order valence-corrected chi connectivity index (χ4v) is 15.6. The quantitative estimate of drug-likeness (QED) is 0.0222. The first kappa shape index (κ1) is 107. The van der Waals surface area contributed by atoms with Gasteiger partial charge < -0.3 is 33.8 Å². The van der Waals surface area contributed by atoms with Crippen molar-refractivity contribution in [3.05, 3.63) is 0 Å². The van der Waals surface area contributed by atoms with E-state index in [1.54, 1.807) is 0 Å². The van der Waals surface area contributed by atoms with Crippen LogP contribution < -0.4 is 0 Å².